The van der Waals surface area contributed by atoms with Crippen molar-refractivity contribution in [2.75, 3.05) is 0 Å². The van der Waals surface area contributed by atoms with Gasteiger partial charge in [-0.05, 0) is 30.3 Å². The third-order valence-corrected chi connectivity index (χ3v) is 10.1. The van der Waals surface area contributed by atoms with Crippen molar-refractivity contribution in [1.29, 1.82) is 0 Å². The van der Waals surface area contributed by atoms with Gasteiger partial charge in [-0.1, -0.05) is 182 Å². The number of benzene rings is 7. The van der Waals surface area contributed by atoms with Gasteiger partial charge in [0.05, 0.1) is 22.8 Å². The van der Waals surface area contributed by atoms with Crippen molar-refractivity contribution in [1.82, 2.24) is 34.9 Å². The molecule has 3 heterocycles. The smallest absolute Gasteiger partial charge is 0.164 e. The molecule has 0 fully saturated rings. The zero-order chi connectivity index (χ0) is 40.1. The molecule has 282 valence electrons. The maximum Gasteiger partial charge on any atom is 0.164 e. The lowest BCUT2D eigenvalue weighted by atomic mass is 10.0. The van der Waals surface area contributed by atoms with Crippen LogP contribution in [0.15, 0.2) is 212 Å². The highest BCUT2D eigenvalue weighted by atomic mass is 15.0. The first-order chi connectivity index (χ1) is 29.7. The maximum absolute atomic E-state index is 5.22. The van der Waals surface area contributed by atoms with E-state index in [1.807, 2.05) is 146 Å². The number of rotatable bonds is 9. The van der Waals surface area contributed by atoms with Crippen LogP contribution in [0, 0.1) is 0 Å². The fourth-order valence-corrected chi connectivity index (χ4v) is 7.13. The van der Waals surface area contributed by atoms with Crippen molar-refractivity contribution in [2.24, 2.45) is 0 Å². The highest BCUT2D eigenvalue weighted by Crippen LogP contribution is 2.35. The minimum atomic E-state index is 0.496. The average molecular weight is 770 g/mol. The van der Waals surface area contributed by atoms with Gasteiger partial charge < -0.3 is 0 Å². The number of hydrogen-bond donors (Lipinski definition) is 0. The van der Waals surface area contributed by atoms with Crippen molar-refractivity contribution < 1.29 is 0 Å². The van der Waals surface area contributed by atoms with E-state index in [9.17, 15) is 0 Å². The second-order valence-electron chi connectivity index (χ2n) is 14.2. The van der Waals surface area contributed by atoms with Crippen LogP contribution in [-0.2, 0) is 0 Å². The lowest BCUT2D eigenvalue weighted by molar-refractivity contribution is 1.07. The Labute approximate surface area is 347 Å². The molecule has 0 spiro atoms. The normalized spacial score (nSPS) is 11.0. The summed E-state index contributed by atoms with van der Waals surface area (Å²) in [6.45, 7) is 0. The fourth-order valence-electron chi connectivity index (χ4n) is 7.13. The zero-order valence-electron chi connectivity index (χ0n) is 32.3. The molecule has 10 rings (SSSR count). The van der Waals surface area contributed by atoms with Crippen molar-refractivity contribution in [2.45, 2.75) is 0 Å². The van der Waals surface area contributed by atoms with Crippen LogP contribution in [0.2, 0.25) is 0 Å². The number of aromatic nitrogens is 7. The standard InChI is InChI=1S/C53H35N7/c1-7-19-36(20-8-1)45-34-46(37-21-9-2-10-22-37)55-51(54-45)42-31-43(52-56-47(38-23-11-3-12-24-38)35-48(57-52)39-25-13-4-14-26-39)33-44(32-42)53-59-49(40-27-15-5-16-28-40)58-50(60-53)41-29-17-6-18-30-41/h1-35H. The monoisotopic (exact) mass is 769 g/mol. The summed E-state index contributed by atoms with van der Waals surface area (Å²) in [7, 11) is 0. The van der Waals surface area contributed by atoms with E-state index in [1.165, 1.54) is 0 Å². The lowest BCUT2D eigenvalue weighted by Gasteiger charge is -2.14. The van der Waals surface area contributed by atoms with Crippen LogP contribution in [0.1, 0.15) is 0 Å². The molecule has 0 aliphatic rings. The van der Waals surface area contributed by atoms with Gasteiger partial charge in [0.15, 0.2) is 29.1 Å². The summed E-state index contributed by atoms with van der Waals surface area (Å²) >= 11 is 0. The number of hydrogen-bond acceptors (Lipinski definition) is 7. The van der Waals surface area contributed by atoms with Crippen molar-refractivity contribution in [3.8, 4) is 102 Å². The molecule has 0 radical (unpaired) electrons. The van der Waals surface area contributed by atoms with Gasteiger partial charge in [0.1, 0.15) is 0 Å². The molecular weight excluding hydrogens is 735 g/mol. The predicted octanol–water partition coefficient (Wildman–Crippen LogP) is 12.5. The second kappa shape index (κ2) is 16.3. The highest BCUT2D eigenvalue weighted by molar-refractivity contribution is 5.80. The first kappa shape index (κ1) is 36.1. The van der Waals surface area contributed by atoms with Crippen LogP contribution in [0.5, 0.6) is 0 Å². The van der Waals surface area contributed by atoms with Crippen molar-refractivity contribution >= 4 is 0 Å². The van der Waals surface area contributed by atoms with Gasteiger partial charge in [0.2, 0.25) is 0 Å². The summed E-state index contributed by atoms with van der Waals surface area (Å²) < 4.78 is 0. The Balaban J connectivity index is 1.24. The van der Waals surface area contributed by atoms with Gasteiger partial charge in [-0.25, -0.2) is 34.9 Å². The third-order valence-electron chi connectivity index (χ3n) is 10.1. The van der Waals surface area contributed by atoms with Crippen LogP contribution in [0.4, 0.5) is 0 Å². The van der Waals surface area contributed by atoms with Gasteiger partial charge in [-0.15, -0.1) is 0 Å². The molecule has 0 N–H and O–H groups in total. The van der Waals surface area contributed by atoms with Crippen LogP contribution in [-0.4, -0.2) is 34.9 Å². The zero-order valence-corrected chi connectivity index (χ0v) is 32.3. The molecule has 0 unspecified atom stereocenters. The van der Waals surface area contributed by atoms with Crippen molar-refractivity contribution in [3.05, 3.63) is 212 Å². The van der Waals surface area contributed by atoms with Gasteiger partial charge in [0.25, 0.3) is 0 Å². The van der Waals surface area contributed by atoms with E-state index < -0.39 is 0 Å². The van der Waals surface area contributed by atoms with E-state index in [2.05, 4.69) is 66.7 Å². The Morgan fingerprint density at radius 2 is 0.367 bits per heavy atom. The molecule has 0 aliphatic carbocycles. The van der Waals surface area contributed by atoms with E-state index >= 15 is 0 Å². The van der Waals surface area contributed by atoms with E-state index in [1.54, 1.807) is 0 Å². The molecule has 7 nitrogen and oxygen atoms in total. The topological polar surface area (TPSA) is 90.2 Å². The third kappa shape index (κ3) is 7.71. The predicted molar refractivity (Wildman–Crippen MR) is 240 cm³/mol. The molecular formula is C53H35N7. The summed E-state index contributed by atoms with van der Waals surface area (Å²) in [5.41, 5.74) is 11.2. The second-order valence-corrected chi connectivity index (χ2v) is 14.2. The Hall–Kier alpha value is -8.29. The summed E-state index contributed by atoms with van der Waals surface area (Å²) in [4.78, 5) is 36.1. The minimum absolute atomic E-state index is 0.496. The molecule has 0 amide bonds. The van der Waals surface area contributed by atoms with E-state index in [-0.39, 0.29) is 0 Å². The van der Waals surface area contributed by atoms with Gasteiger partial charge in [-0.3, -0.25) is 0 Å². The van der Waals surface area contributed by atoms with E-state index in [4.69, 9.17) is 34.9 Å². The minimum Gasteiger partial charge on any atom is -0.228 e. The molecule has 60 heavy (non-hydrogen) atoms. The first-order valence-corrected chi connectivity index (χ1v) is 19.7. The Morgan fingerprint density at radius 1 is 0.167 bits per heavy atom. The van der Waals surface area contributed by atoms with Gasteiger partial charge in [-0.2, -0.15) is 0 Å². The maximum atomic E-state index is 5.22. The van der Waals surface area contributed by atoms with Gasteiger partial charge >= 0.3 is 0 Å². The molecule has 7 heteroatoms. The molecule has 0 aliphatic heterocycles. The van der Waals surface area contributed by atoms with E-state index in [0.717, 1.165) is 72.8 Å². The van der Waals surface area contributed by atoms with Crippen LogP contribution < -0.4 is 0 Å². The summed E-state index contributed by atoms with van der Waals surface area (Å²) in [5, 5.41) is 0. The summed E-state index contributed by atoms with van der Waals surface area (Å²) in [6.07, 6.45) is 0. The Bertz CT molecular complexity index is 2540. The quantitative estimate of drug-likeness (QED) is 0.144. The van der Waals surface area contributed by atoms with Crippen LogP contribution in [0.25, 0.3) is 102 Å². The first-order valence-electron chi connectivity index (χ1n) is 19.7. The Morgan fingerprint density at radius 3 is 0.617 bits per heavy atom. The van der Waals surface area contributed by atoms with E-state index in [0.29, 0.717) is 29.1 Å². The molecule has 3 aromatic heterocycles. The van der Waals surface area contributed by atoms with Crippen molar-refractivity contribution in [3.63, 3.8) is 0 Å². The highest BCUT2D eigenvalue weighted by Gasteiger charge is 2.19. The lowest BCUT2D eigenvalue weighted by Crippen LogP contribution is -2.02. The van der Waals surface area contributed by atoms with Crippen LogP contribution in [0.3, 0.4) is 0 Å². The Kier molecular flexibility index (Phi) is 9.79. The van der Waals surface area contributed by atoms with Gasteiger partial charge in [0, 0.05) is 50.1 Å². The molecule has 0 atom stereocenters. The molecule has 0 saturated heterocycles. The summed E-state index contributed by atoms with van der Waals surface area (Å²) in [6, 6.07) is 71.0. The summed E-state index contributed by atoms with van der Waals surface area (Å²) in [5.74, 6) is 2.71. The van der Waals surface area contributed by atoms with Crippen LogP contribution >= 0.6 is 0 Å². The molecule has 7 aromatic carbocycles. The fraction of sp³-hybridized carbons (Fsp3) is 0. The molecule has 10 aromatic rings. The average Bonchev–Trinajstić information content (AvgIpc) is 3.35. The molecule has 0 saturated carbocycles. The largest absolute Gasteiger partial charge is 0.228 e. The molecule has 0 bridgehead atoms. The SMILES string of the molecule is c1ccc(-c2cc(-c3ccccc3)nc(-c3cc(-c4nc(-c5ccccc5)cc(-c5ccccc5)n4)cc(-c4nc(-c5ccccc5)nc(-c5ccccc5)n4)c3)n2)cc1. The number of nitrogens with zero attached hydrogens (tertiary/aromatic N) is 7.